The Morgan fingerprint density at radius 3 is 2.23 bits per heavy atom. The highest BCUT2D eigenvalue weighted by Gasteiger charge is 2.06. The topological polar surface area (TPSA) is 32.3 Å². The quantitative estimate of drug-likeness (QED) is 0.656. The number of hydrogen-bond donors (Lipinski definition) is 1. The van der Waals surface area contributed by atoms with Crippen molar-refractivity contribution < 1.29 is 4.79 Å². The van der Waals surface area contributed by atoms with Gasteiger partial charge in [-0.2, -0.15) is 0 Å². The molecule has 0 atom stereocenters. The summed E-state index contributed by atoms with van der Waals surface area (Å²) in [5.74, 6) is 1.75. The van der Waals surface area contributed by atoms with E-state index in [1.54, 1.807) is 0 Å². The van der Waals surface area contributed by atoms with Gasteiger partial charge in [0.15, 0.2) is 0 Å². The number of alkyl halides is 2. The summed E-state index contributed by atoms with van der Waals surface area (Å²) in [6.45, 7) is 6.49. The van der Waals surface area contributed by atoms with Gasteiger partial charge in [-0.1, -0.05) is 26.0 Å². The molecule has 0 saturated carbocycles. The maximum atomic E-state index is 11.7. The van der Waals surface area contributed by atoms with E-state index in [1.165, 1.54) is 5.56 Å². The van der Waals surface area contributed by atoms with Crippen LogP contribution in [0.1, 0.15) is 25.8 Å². The van der Waals surface area contributed by atoms with Gasteiger partial charge in [-0.3, -0.25) is 4.79 Å². The average molecular weight is 345 g/mol. The molecule has 3 nitrogen and oxygen atoms in total. The molecule has 22 heavy (non-hydrogen) atoms. The van der Waals surface area contributed by atoms with Crippen LogP contribution in [0.25, 0.3) is 0 Å². The number of nitrogens with zero attached hydrogens (tertiary/aromatic N) is 1. The lowest BCUT2D eigenvalue weighted by Crippen LogP contribution is -2.27. The lowest BCUT2D eigenvalue weighted by molar-refractivity contribution is -0.121. The first-order chi connectivity index (χ1) is 10.6. The minimum absolute atomic E-state index is 0.115. The summed E-state index contributed by atoms with van der Waals surface area (Å²) in [4.78, 5) is 13.9. The maximum Gasteiger partial charge on any atom is 0.220 e. The fourth-order valence-electron chi connectivity index (χ4n) is 2.11. The first-order valence-electron chi connectivity index (χ1n) is 7.79. The number of hydrogen-bond acceptors (Lipinski definition) is 2. The van der Waals surface area contributed by atoms with Crippen LogP contribution in [0.5, 0.6) is 0 Å². The fraction of sp³-hybridized carbons (Fsp3) is 0.588. The molecule has 0 fully saturated rings. The van der Waals surface area contributed by atoms with Crippen molar-refractivity contribution in [2.24, 2.45) is 5.92 Å². The normalized spacial score (nSPS) is 10.8. The zero-order valence-electron chi connectivity index (χ0n) is 13.4. The van der Waals surface area contributed by atoms with Crippen LogP contribution in [-0.2, 0) is 11.2 Å². The molecule has 5 heteroatoms. The number of carbonyl (C=O) groups excluding carboxylic acids is 1. The van der Waals surface area contributed by atoms with Gasteiger partial charge in [0.05, 0.1) is 0 Å². The summed E-state index contributed by atoms with van der Waals surface area (Å²) in [6, 6.07) is 8.28. The number of carbonyl (C=O) groups is 1. The smallest absolute Gasteiger partial charge is 0.220 e. The van der Waals surface area contributed by atoms with Crippen molar-refractivity contribution in [3.8, 4) is 0 Å². The molecule has 0 aromatic heterocycles. The van der Waals surface area contributed by atoms with E-state index in [0.29, 0.717) is 24.1 Å². The van der Waals surface area contributed by atoms with Gasteiger partial charge in [-0.05, 0) is 30.0 Å². The van der Waals surface area contributed by atoms with Crippen molar-refractivity contribution in [2.45, 2.75) is 26.7 Å². The Morgan fingerprint density at radius 1 is 1.14 bits per heavy atom. The van der Waals surface area contributed by atoms with Crippen molar-refractivity contribution in [2.75, 3.05) is 36.3 Å². The molecule has 124 valence electrons. The minimum atomic E-state index is 0.115. The van der Waals surface area contributed by atoms with Gasteiger partial charge in [-0.25, -0.2) is 0 Å². The van der Waals surface area contributed by atoms with Crippen molar-refractivity contribution in [3.05, 3.63) is 29.8 Å². The monoisotopic (exact) mass is 344 g/mol. The van der Waals surface area contributed by atoms with Crippen LogP contribution in [0.3, 0.4) is 0 Å². The Bertz CT molecular complexity index is 429. The van der Waals surface area contributed by atoms with Gasteiger partial charge < -0.3 is 10.2 Å². The van der Waals surface area contributed by atoms with E-state index in [9.17, 15) is 4.79 Å². The SMILES string of the molecule is CC(C)CNC(=O)CCc1ccc(N(CCCl)CCCl)cc1. The summed E-state index contributed by atoms with van der Waals surface area (Å²) in [6.07, 6.45) is 1.29. The van der Waals surface area contributed by atoms with E-state index in [-0.39, 0.29) is 5.91 Å². The predicted molar refractivity (Wildman–Crippen MR) is 96.3 cm³/mol. The third-order valence-corrected chi connectivity index (χ3v) is 3.70. The Labute approximate surface area is 144 Å². The highest BCUT2D eigenvalue weighted by atomic mass is 35.5. The number of aryl methyl sites for hydroxylation is 1. The zero-order chi connectivity index (χ0) is 16.4. The van der Waals surface area contributed by atoms with Crippen molar-refractivity contribution >= 4 is 34.8 Å². The molecular weight excluding hydrogens is 319 g/mol. The van der Waals surface area contributed by atoms with Crippen LogP contribution in [-0.4, -0.2) is 37.3 Å². The molecular formula is C17H26Cl2N2O. The van der Waals surface area contributed by atoms with Gasteiger partial charge in [0.25, 0.3) is 0 Å². The standard InChI is InChI=1S/C17H26Cl2N2O/c1-14(2)13-20-17(22)8-5-15-3-6-16(7-4-15)21(11-9-18)12-10-19/h3-4,6-7,14H,5,8-13H2,1-2H3,(H,20,22). The first kappa shape index (κ1) is 19.1. The third-order valence-electron chi connectivity index (χ3n) is 3.36. The van der Waals surface area contributed by atoms with Crippen LogP contribution in [0.4, 0.5) is 5.69 Å². The molecule has 1 N–H and O–H groups in total. The summed E-state index contributed by atoms with van der Waals surface area (Å²) in [5.41, 5.74) is 2.29. The molecule has 0 spiro atoms. The van der Waals surface area contributed by atoms with E-state index in [0.717, 1.165) is 31.7 Å². The average Bonchev–Trinajstić information content (AvgIpc) is 2.51. The zero-order valence-corrected chi connectivity index (χ0v) is 15.0. The van der Waals surface area contributed by atoms with E-state index in [1.807, 2.05) is 0 Å². The number of amides is 1. The summed E-state index contributed by atoms with van der Waals surface area (Å²) < 4.78 is 0. The van der Waals surface area contributed by atoms with E-state index < -0.39 is 0 Å². The minimum Gasteiger partial charge on any atom is -0.369 e. The fourth-order valence-corrected chi connectivity index (χ4v) is 2.52. The molecule has 1 aromatic carbocycles. The lowest BCUT2D eigenvalue weighted by Gasteiger charge is -2.23. The van der Waals surface area contributed by atoms with E-state index in [2.05, 4.69) is 48.3 Å². The van der Waals surface area contributed by atoms with Gasteiger partial charge in [0, 0.05) is 43.5 Å². The molecule has 1 aromatic rings. The lowest BCUT2D eigenvalue weighted by atomic mass is 10.1. The summed E-state index contributed by atoms with van der Waals surface area (Å²) in [7, 11) is 0. The number of anilines is 1. The van der Waals surface area contributed by atoms with Crippen LogP contribution in [0.2, 0.25) is 0 Å². The number of halogens is 2. The number of nitrogens with one attached hydrogen (secondary N) is 1. The molecule has 0 aliphatic carbocycles. The number of benzene rings is 1. The van der Waals surface area contributed by atoms with E-state index in [4.69, 9.17) is 23.2 Å². The highest BCUT2D eigenvalue weighted by molar-refractivity contribution is 6.18. The third kappa shape index (κ3) is 7.37. The first-order valence-corrected chi connectivity index (χ1v) is 8.86. The second-order valence-corrected chi connectivity index (χ2v) is 6.49. The molecule has 0 aliphatic rings. The molecule has 0 unspecified atom stereocenters. The molecule has 0 saturated heterocycles. The van der Waals surface area contributed by atoms with Gasteiger partial charge in [-0.15, -0.1) is 23.2 Å². The Balaban J connectivity index is 2.48. The van der Waals surface area contributed by atoms with Crippen LogP contribution < -0.4 is 10.2 Å². The second-order valence-electron chi connectivity index (χ2n) is 5.73. The Hall–Kier alpha value is -0.930. The molecule has 1 amide bonds. The Kier molecular flexibility index (Phi) is 9.33. The van der Waals surface area contributed by atoms with Gasteiger partial charge >= 0.3 is 0 Å². The van der Waals surface area contributed by atoms with Crippen molar-refractivity contribution in [3.63, 3.8) is 0 Å². The molecule has 0 radical (unpaired) electrons. The van der Waals surface area contributed by atoms with Crippen molar-refractivity contribution in [1.29, 1.82) is 0 Å². The largest absolute Gasteiger partial charge is 0.369 e. The molecule has 1 rings (SSSR count). The molecule has 0 heterocycles. The summed E-state index contributed by atoms with van der Waals surface area (Å²) in [5, 5.41) is 2.94. The van der Waals surface area contributed by atoms with Crippen molar-refractivity contribution in [1.82, 2.24) is 5.32 Å². The highest BCUT2D eigenvalue weighted by Crippen LogP contribution is 2.16. The maximum absolute atomic E-state index is 11.7. The van der Waals surface area contributed by atoms with Crippen LogP contribution in [0.15, 0.2) is 24.3 Å². The van der Waals surface area contributed by atoms with Gasteiger partial charge in [0.2, 0.25) is 5.91 Å². The second kappa shape index (κ2) is 10.7. The van der Waals surface area contributed by atoms with E-state index >= 15 is 0 Å². The van der Waals surface area contributed by atoms with Gasteiger partial charge in [0.1, 0.15) is 0 Å². The van der Waals surface area contributed by atoms with Crippen LogP contribution >= 0.6 is 23.2 Å². The summed E-state index contributed by atoms with van der Waals surface area (Å²) >= 11 is 11.6. The van der Waals surface area contributed by atoms with Crippen LogP contribution in [0, 0.1) is 5.92 Å². The predicted octanol–water partition coefficient (Wildman–Crippen LogP) is 3.68. The molecule has 0 aliphatic heterocycles. The number of rotatable bonds is 10. The molecule has 0 bridgehead atoms. The Morgan fingerprint density at radius 2 is 1.73 bits per heavy atom.